The Morgan fingerprint density at radius 2 is 2.11 bits per heavy atom. The summed E-state index contributed by atoms with van der Waals surface area (Å²) in [5.41, 5.74) is 5.72. The molecule has 2 unspecified atom stereocenters. The monoisotopic (exact) mass is 256 g/mol. The molecule has 4 nitrogen and oxygen atoms in total. The Balaban J connectivity index is 2.37. The Hall–Kier alpha value is -0.610. The lowest BCUT2D eigenvalue weighted by Gasteiger charge is -2.35. The predicted molar refractivity (Wildman–Crippen MR) is 73.1 cm³/mol. The quantitative estimate of drug-likeness (QED) is 0.781. The van der Waals surface area contributed by atoms with Gasteiger partial charge in [-0.2, -0.15) is 0 Å². The van der Waals surface area contributed by atoms with Crippen LogP contribution in [0.1, 0.15) is 46.5 Å². The minimum atomic E-state index is -0.247. The second kappa shape index (κ2) is 6.53. The number of piperidine rings is 1. The van der Waals surface area contributed by atoms with Gasteiger partial charge in [0, 0.05) is 19.5 Å². The Morgan fingerprint density at radius 3 is 2.67 bits per heavy atom. The minimum Gasteiger partial charge on any atom is -0.393 e. The van der Waals surface area contributed by atoms with Crippen LogP contribution in [0.25, 0.3) is 0 Å². The van der Waals surface area contributed by atoms with Gasteiger partial charge in [-0.05, 0) is 37.1 Å². The molecule has 1 aliphatic rings. The summed E-state index contributed by atoms with van der Waals surface area (Å²) in [4.78, 5) is 14.0. The number of likely N-dealkylation sites (tertiary alicyclic amines) is 1. The zero-order chi connectivity index (χ0) is 13.8. The van der Waals surface area contributed by atoms with Crippen molar-refractivity contribution in [2.75, 3.05) is 19.6 Å². The van der Waals surface area contributed by atoms with E-state index in [-0.39, 0.29) is 23.3 Å². The molecule has 1 amide bonds. The molecule has 2 atom stereocenters. The second-order valence-electron chi connectivity index (χ2n) is 6.38. The van der Waals surface area contributed by atoms with Crippen molar-refractivity contribution in [3.8, 4) is 0 Å². The highest BCUT2D eigenvalue weighted by Crippen LogP contribution is 2.27. The third kappa shape index (κ3) is 4.58. The number of nitrogens with zero attached hydrogens (tertiary/aromatic N) is 1. The van der Waals surface area contributed by atoms with E-state index in [1.807, 2.05) is 11.8 Å². The van der Waals surface area contributed by atoms with Gasteiger partial charge in [-0.15, -0.1) is 0 Å². The average Bonchev–Trinajstić information content (AvgIpc) is 2.30. The summed E-state index contributed by atoms with van der Waals surface area (Å²) >= 11 is 0. The molecule has 3 N–H and O–H groups in total. The first-order chi connectivity index (χ1) is 8.35. The van der Waals surface area contributed by atoms with Crippen molar-refractivity contribution in [3.63, 3.8) is 0 Å². The molecule has 18 heavy (non-hydrogen) atoms. The lowest BCUT2D eigenvalue weighted by molar-refractivity contribution is -0.135. The van der Waals surface area contributed by atoms with Crippen LogP contribution in [0.3, 0.4) is 0 Å². The van der Waals surface area contributed by atoms with Gasteiger partial charge in [-0.25, -0.2) is 0 Å². The normalized spacial score (nSPS) is 25.3. The molecule has 0 spiro atoms. The SMILES string of the molecule is CC1CN(C(=O)CCC(C)(C)CCN)CCC1O. The van der Waals surface area contributed by atoms with Crippen LogP contribution in [-0.2, 0) is 4.79 Å². The zero-order valence-corrected chi connectivity index (χ0v) is 12.0. The topological polar surface area (TPSA) is 66.6 Å². The smallest absolute Gasteiger partial charge is 0.222 e. The Bertz CT molecular complexity index is 279. The van der Waals surface area contributed by atoms with Gasteiger partial charge < -0.3 is 15.7 Å². The van der Waals surface area contributed by atoms with E-state index in [2.05, 4.69) is 13.8 Å². The van der Waals surface area contributed by atoms with E-state index in [0.717, 1.165) is 12.8 Å². The molecule has 0 aromatic carbocycles. The molecular weight excluding hydrogens is 228 g/mol. The molecule has 1 fully saturated rings. The van der Waals surface area contributed by atoms with Crippen molar-refractivity contribution in [2.24, 2.45) is 17.1 Å². The largest absolute Gasteiger partial charge is 0.393 e. The molecule has 0 saturated carbocycles. The van der Waals surface area contributed by atoms with Crippen LogP contribution in [0.2, 0.25) is 0 Å². The van der Waals surface area contributed by atoms with E-state index in [0.29, 0.717) is 32.5 Å². The molecule has 4 heteroatoms. The fourth-order valence-electron chi connectivity index (χ4n) is 2.48. The number of carbonyl (C=O) groups excluding carboxylic acids is 1. The molecule has 106 valence electrons. The van der Waals surface area contributed by atoms with Crippen LogP contribution in [0.5, 0.6) is 0 Å². The molecule has 0 aromatic heterocycles. The minimum absolute atomic E-state index is 0.144. The van der Waals surface area contributed by atoms with Crippen molar-refractivity contribution < 1.29 is 9.90 Å². The zero-order valence-electron chi connectivity index (χ0n) is 12.0. The molecular formula is C14H28N2O2. The van der Waals surface area contributed by atoms with Gasteiger partial charge in [0.2, 0.25) is 5.91 Å². The maximum absolute atomic E-state index is 12.1. The van der Waals surface area contributed by atoms with Gasteiger partial charge in [-0.1, -0.05) is 20.8 Å². The number of nitrogens with two attached hydrogens (primary N) is 1. The molecule has 0 aliphatic carbocycles. The third-order valence-corrected chi connectivity index (χ3v) is 4.05. The Kier molecular flexibility index (Phi) is 5.60. The van der Waals surface area contributed by atoms with E-state index in [4.69, 9.17) is 5.73 Å². The molecule has 1 saturated heterocycles. The lowest BCUT2D eigenvalue weighted by atomic mass is 9.84. The van der Waals surface area contributed by atoms with Crippen molar-refractivity contribution in [1.29, 1.82) is 0 Å². The summed E-state index contributed by atoms with van der Waals surface area (Å²) in [6.45, 7) is 8.39. The number of carbonyl (C=O) groups is 1. The van der Waals surface area contributed by atoms with E-state index in [1.165, 1.54) is 0 Å². The Morgan fingerprint density at radius 1 is 1.44 bits per heavy atom. The highest BCUT2D eigenvalue weighted by molar-refractivity contribution is 5.76. The standard InChI is InChI=1S/C14H28N2O2/c1-11-10-16(9-5-12(11)17)13(18)4-6-14(2,3)7-8-15/h11-12,17H,4-10,15H2,1-3H3. The number of hydrogen-bond acceptors (Lipinski definition) is 3. The van der Waals surface area contributed by atoms with Gasteiger partial charge >= 0.3 is 0 Å². The van der Waals surface area contributed by atoms with E-state index in [1.54, 1.807) is 0 Å². The van der Waals surface area contributed by atoms with E-state index < -0.39 is 0 Å². The maximum Gasteiger partial charge on any atom is 0.222 e. The fraction of sp³-hybridized carbons (Fsp3) is 0.929. The van der Waals surface area contributed by atoms with Crippen LogP contribution >= 0.6 is 0 Å². The second-order valence-corrected chi connectivity index (χ2v) is 6.38. The summed E-state index contributed by atoms with van der Waals surface area (Å²) in [5.74, 6) is 0.415. The molecule has 1 aliphatic heterocycles. The lowest BCUT2D eigenvalue weighted by Crippen LogP contribution is -2.45. The van der Waals surface area contributed by atoms with Crippen molar-refractivity contribution in [3.05, 3.63) is 0 Å². The highest BCUT2D eigenvalue weighted by Gasteiger charge is 2.28. The van der Waals surface area contributed by atoms with Crippen LogP contribution in [0.15, 0.2) is 0 Å². The van der Waals surface area contributed by atoms with Crippen molar-refractivity contribution >= 4 is 5.91 Å². The third-order valence-electron chi connectivity index (χ3n) is 4.05. The molecule has 0 radical (unpaired) electrons. The van der Waals surface area contributed by atoms with Crippen LogP contribution < -0.4 is 5.73 Å². The predicted octanol–water partition coefficient (Wildman–Crippen LogP) is 1.37. The van der Waals surface area contributed by atoms with Gasteiger partial charge in [0.25, 0.3) is 0 Å². The molecule has 1 rings (SSSR count). The Labute approximate surface area is 111 Å². The first-order valence-corrected chi connectivity index (χ1v) is 7.01. The number of hydrogen-bond donors (Lipinski definition) is 2. The van der Waals surface area contributed by atoms with Crippen LogP contribution in [0, 0.1) is 11.3 Å². The van der Waals surface area contributed by atoms with Crippen molar-refractivity contribution in [1.82, 2.24) is 4.90 Å². The number of aliphatic hydroxyl groups excluding tert-OH is 1. The molecule has 0 bridgehead atoms. The van der Waals surface area contributed by atoms with E-state index in [9.17, 15) is 9.90 Å². The van der Waals surface area contributed by atoms with Gasteiger partial charge in [-0.3, -0.25) is 4.79 Å². The highest BCUT2D eigenvalue weighted by atomic mass is 16.3. The number of aliphatic hydroxyl groups is 1. The van der Waals surface area contributed by atoms with Gasteiger partial charge in [0.15, 0.2) is 0 Å². The summed E-state index contributed by atoms with van der Waals surface area (Å²) in [7, 11) is 0. The summed E-state index contributed by atoms with van der Waals surface area (Å²) in [6.07, 6.45) is 2.89. The van der Waals surface area contributed by atoms with Gasteiger partial charge in [0.05, 0.1) is 6.10 Å². The summed E-state index contributed by atoms with van der Waals surface area (Å²) < 4.78 is 0. The summed E-state index contributed by atoms with van der Waals surface area (Å²) in [6, 6.07) is 0. The van der Waals surface area contributed by atoms with Crippen LogP contribution in [-0.4, -0.2) is 41.7 Å². The number of rotatable bonds is 5. The first kappa shape index (κ1) is 15.4. The van der Waals surface area contributed by atoms with Crippen molar-refractivity contribution in [2.45, 2.75) is 52.6 Å². The van der Waals surface area contributed by atoms with Gasteiger partial charge in [0.1, 0.15) is 0 Å². The summed E-state index contributed by atoms with van der Waals surface area (Å²) in [5, 5.41) is 9.65. The molecule has 1 heterocycles. The van der Waals surface area contributed by atoms with Crippen LogP contribution in [0.4, 0.5) is 0 Å². The van der Waals surface area contributed by atoms with E-state index >= 15 is 0 Å². The average molecular weight is 256 g/mol. The fourth-order valence-corrected chi connectivity index (χ4v) is 2.48. The maximum atomic E-state index is 12.1. The number of amides is 1. The first-order valence-electron chi connectivity index (χ1n) is 7.01. The molecule has 0 aromatic rings.